The van der Waals surface area contributed by atoms with E-state index in [1.54, 1.807) is 6.07 Å². The lowest BCUT2D eigenvalue weighted by molar-refractivity contribution is 0.0889. The molecule has 1 aromatic carbocycles. The summed E-state index contributed by atoms with van der Waals surface area (Å²) in [6.07, 6.45) is 0.852. The summed E-state index contributed by atoms with van der Waals surface area (Å²) < 4.78 is 7.00. The third-order valence-corrected chi connectivity index (χ3v) is 3.99. The first kappa shape index (κ1) is 13.1. The van der Waals surface area contributed by atoms with Gasteiger partial charge in [0.15, 0.2) is 0 Å². The van der Waals surface area contributed by atoms with Crippen LogP contribution in [0.25, 0.3) is 0 Å². The Morgan fingerprint density at radius 3 is 2.88 bits per heavy atom. The summed E-state index contributed by atoms with van der Waals surface area (Å²) in [5.74, 6) is -0.0776. The van der Waals surface area contributed by atoms with Gasteiger partial charge in [0.1, 0.15) is 0 Å². The third kappa shape index (κ3) is 3.09. The quantitative estimate of drug-likeness (QED) is 0.877. The Hall–Kier alpha value is -0.390. The van der Waals surface area contributed by atoms with Crippen LogP contribution in [0.15, 0.2) is 27.1 Å². The molecule has 1 aliphatic rings. The summed E-state index contributed by atoms with van der Waals surface area (Å²) in [6, 6.07) is 5.55. The summed E-state index contributed by atoms with van der Waals surface area (Å²) in [5, 5.41) is 3.02. The smallest absolute Gasteiger partial charge is 0.252 e. The Bertz CT molecular complexity index is 442. The van der Waals surface area contributed by atoms with Crippen molar-refractivity contribution in [3.8, 4) is 0 Å². The molecule has 0 spiro atoms. The van der Waals surface area contributed by atoms with Gasteiger partial charge in [0, 0.05) is 15.6 Å². The van der Waals surface area contributed by atoms with Gasteiger partial charge in [0.2, 0.25) is 0 Å². The summed E-state index contributed by atoms with van der Waals surface area (Å²) >= 11 is 6.75. The van der Waals surface area contributed by atoms with Crippen LogP contribution < -0.4 is 5.32 Å². The first-order valence-corrected chi connectivity index (χ1v) is 6.94. The van der Waals surface area contributed by atoms with Gasteiger partial charge in [-0.1, -0.05) is 15.9 Å². The lowest BCUT2D eigenvalue weighted by Crippen LogP contribution is -2.46. The first-order chi connectivity index (χ1) is 8.00. The normalized spacial score (nSPS) is 23.7. The summed E-state index contributed by atoms with van der Waals surface area (Å²) in [5.41, 5.74) is 0.381. The molecular weight excluding hydrogens is 350 g/mol. The molecule has 92 valence electrons. The average molecular weight is 363 g/mol. The number of carbonyl (C=O) groups is 1. The monoisotopic (exact) mass is 361 g/mol. The second-order valence-corrected chi connectivity index (χ2v) is 6.21. The molecule has 1 fully saturated rings. The number of hydrogen-bond donors (Lipinski definition) is 1. The van der Waals surface area contributed by atoms with Crippen molar-refractivity contribution in [1.29, 1.82) is 0 Å². The molecule has 1 unspecified atom stereocenters. The van der Waals surface area contributed by atoms with E-state index in [2.05, 4.69) is 37.2 Å². The van der Waals surface area contributed by atoms with Crippen molar-refractivity contribution in [3.63, 3.8) is 0 Å². The Kier molecular flexibility index (Phi) is 3.90. The Morgan fingerprint density at radius 1 is 1.47 bits per heavy atom. The largest absolute Gasteiger partial charge is 0.379 e. The molecule has 0 aliphatic carbocycles. The number of ether oxygens (including phenoxy) is 1. The van der Waals surface area contributed by atoms with Gasteiger partial charge in [-0.2, -0.15) is 0 Å². The molecule has 1 atom stereocenters. The van der Waals surface area contributed by atoms with E-state index >= 15 is 0 Å². The lowest BCUT2D eigenvalue weighted by Gasteiger charge is -2.23. The molecule has 2 rings (SSSR count). The number of halogens is 2. The van der Waals surface area contributed by atoms with Crippen LogP contribution >= 0.6 is 31.9 Å². The van der Waals surface area contributed by atoms with E-state index < -0.39 is 0 Å². The molecule has 1 aromatic rings. The van der Waals surface area contributed by atoms with E-state index in [0.29, 0.717) is 18.8 Å². The fraction of sp³-hybridized carbons (Fsp3) is 0.417. The van der Waals surface area contributed by atoms with E-state index in [9.17, 15) is 4.79 Å². The fourth-order valence-corrected chi connectivity index (χ4v) is 2.57. The van der Waals surface area contributed by atoms with Crippen LogP contribution in [-0.2, 0) is 4.74 Å². The average Bonchev–Trinajstić information content (AvgIpc) is 2.68. The molecule has 0 aromatic heterocycles. The number of hydrogen-bond acceptors (Lipinski definition) is 2. The first-order valence-electron chi connectivity index (χ1n) is 5.35. The minimum absolute atomic E-state index is 0.0776. The van der Waals surface area contributed by atoms with Gasteiger partial charge in [0.05, 0.1) is 17.7 Å². The predicted octanol–water partition coefficient (Wildman–Crippen LogP) is 3.12. The molecule has 3 nitrogen and oxygen atoms in total. The van der Waals surface area contributed by atoms with Crippen molar-refractivity contribution in [1.82, 2.24) is 5.32 Å². The van der Waals surface area contributed by atoms with Gasteiger partial charge in [-0.3, -0.25) is 4.79 Å². The zero-order valence-electron chi connectivity index (χ0n) is 9.43. The number of rotatable bonds is 2. The summed E-state index contributed by atoms with van der Waals surface area (Å²) in [4.78, 5) is 12.2. The van der Waals surface area contributed by atoms with Crippen molar-refractivity contribution in [3.05, 3.63) is 32.7 Å². The fourth-order valence-electron chi connectivity index (χ4n) is 1.78. The highest BCUT2D eigenvalue weighted by atomic mass is 79.9. The number of benzene rings is 1. The second kappa shape index (κ2) is 5.08. The van der Waals surface area contributed by atoms with Crippen LogP contribution in [0, 0.1) is 0 Å². The van der Waals surface area contributed by atoms with Crippen LogP contribution in [0.1, 0.15) is 23.7 Å². The molecule has 1 aliphatic heterocycles. The van der Waals surface area contributed by atoms with Gasteiger partial charge < -0.3 is 10.1 Å². The minimum atomic E-state index is -0.251. The maximum Gasteiger partial charge on any atom is 0.252 e. The van der Waals surface area contributed by atoms with Gasteiger partial charge in [-0.05, 0) is 47.5 Å². The lowest BCUT2D eigenvalue weighted by atomic mass is 10.0. The molecule has 0 radical (unpaired) electrons. The van der Waals surface area contributed by atoms with Crippen molar-refractivity contribution in [2.45, 2.75) is 18.9 Å². The van der Waals surface area contributed by atoms with Crippen molar-refractivity contribution in [2.24, 2.45) is 0 Å². The highest BCUT2D eigenvalue weighted by Crippen LogP contribution is 2.23. The second-order valence-electron chi connectivity index (χ2n) is 4.44. The van der Waals surface area contributed by atoms with E-state index in [-0.39, 0.29) is 11.4 Å². The van der Waals surface area contributed by atoms with Crippen LogP contribution in [0.2, 0.25) is 0 Å². The zero-order chi connectivity index (χ0) is 12.5. The Balaban J connectivity index is 2.17. The van der Waals surface area contributed by atoms with Crippen LogP contribution in [0.3, 0.4) is 0 Å². The van der Waals surface area contributed by atoms with E-state index in [0.717, 1.165) is 15.4 Å². The molecule has 5 heteroatoms. The van der Waals surface area contributed by atoms with Crippen LogP contribution in [0.4, 0.5) is 0 Å². The molecule has 17 heavy (non-hydrogen) atoms. The van der Waals surface area contributed by atoms with Crippen LogP contribution in [-0.4, -0.2) is 24.7 Å². The van der Waals surface area contributed by atoms with E-state index in [4.69, 9.17) is 4.74 Å². The third-order valence-electron chi connectivity index (χ3n) is 2.81. The Morgan fingerprint density at radius 2 is 2.24 bits per heavy atom. The highest BCUT2D eigenvalue weighted by Gasteiger charge is 2.31. The number of amides is 1. The minimum Gasteiger partial charge on any atom is -0.379 e. The van der Waals surface area contributed by atoms with E-state index in [1.807, 2.05) is 19.1 Å². The van der Waals surface area contributed by atoms with Gasteiger partial charge in [-0.15, -0.1) is 0 Å². The van der Waals surface area contributed by atoms with Gasteiger partial charge in [0.25, 0.3) is 5.91 Å². The number of nitrogens with one attached hydrogen (secondary N) is 1. The van der Waals surface area contributed by atoms with Gasteiger partial charge >= 0.3 is 0 Å². The topological polar surface area (TPSA) is 38.3 Å². The standard InChI is InChI=1S/C12H13Br2NO2/c1-12(4-5-17-7-12)15-11(16)9-6-8(13)2-3-10(9)14/h2-3,6H,4-5,7H2,1H3,(H,15,16). The maximum atomic E-state index is 12.2. The summed E-state index contributed by atoms with van der Waals surface area (Å²) in [7, 11) is 0. The van der Waals surface area contributed by atoms with Gasteiger partial charge in [-0.25, -0.2) is 0 Å². The summed E-state index contributed by atoms with van der Waals surface area (Å²) in [6.45, 7) is 3.28. The molecule has 1 heterocycles. The highest BCUT2D eigenvalue weighted by molar-refractivity contribution is 9.11. The maximum absolute atomic E-state index is 12.2. The Labute approximate surface area is 117 Å². The molecule has 0 bridgehead atoms. The van der Waals surface area contributed by atoms with Crippen molar-refractivity contribution in [2.75, 3.05) is 13.2 Å². The zero-order valence-corrected chi connectivity index (χ0v) is 12.6. The molecular formula is C12H13Br2NO2. The van der Waals surface area contributed by atoms with Crippen LogP contribution in [0.5, 0.6) is 0 Å². The van der Waals surface area contributed by atoms with Crippen molar-refractivity contribution < 1.29 is 9.53 Å². The molecule has 1 saturated heterocycles. The molecule has 1 N–H and O–H groups in total. The molecule has 0 saturated carbocycles. The predicted molar refractivity (Wildman–Crippen MR) is 73.1 cm³/mol. The van der Waals surface area contributed by atoms with Crippen molar-refractivity contribution >= 4 is 37.8 Å². The number of carbonyl (C=O) groups excluding carboxylic acids is 1. The SMILES string of the molecule is CC1(NC(=O)c2cc(Br)ccc2Br)CCOC1. The molecule has 1 amide bonds. The van der Waals surface area contributed by atoms with E-state index in [1.165, 1.54) is 0 Å².